The quantitative estimate of drug-likeness (QED) is 0.302. The molecule has 1 saturated heterocycles. The van der Waals surface area contributed by atoms with Crippen LogP contribution in [-0.2, 0) is 10.0 Å². The number of nitrogens with one attached hydrogen (secondary N) is 3. The van der Waals surface area contributed by atoms with Crippen molar-refractivity contribution in [2.45, 2.75) is 39.5 Å². The second kappa shape index (κ2) is 11.6. The summed E-state index contributed by atoms with van der Waals surface area (Å²) in [5.41, 5.74) is 0. The largest absolute Gasteiger partial charge is 0.357 e. The van der Waals surface area contributed by atoms with E-state index in [4.69, 9.17) is 0 Å². The van der Waals surface area contributed by atoms with Gasteiger partial charge in [0.05, 0.1) is 5.75 Å². The van der Waals surface area contributed by atoms with E-state index in [1.165, 1.54) is 32.4 Å². The highest BCUT2D eigenvalue weighted by Crippen LogP contribution is 2.07. The molecule has 0 aromatic rings. The van der Waals surface area contributed by atoms with Crippen molar-refractivity contribution in [3.05, 3.63) is 0 Å². The Balaban J connectivity index is 2.21. The summed E-state index contributed by atoms with van der Waals surface area (Å²) in [6.45, 7) is 9.86. The molecule has 1 aliphatic rings. The van der Waals surface area contributed by atoms with Crippen LogP contribution in [0.4, 0.5) is 0 Å². The van der Waals surface area contributed by atoms with E-state index in [9.17, 15) is 8.42 Å². The van der Waals surface area contributed by atoms with E-state index < -0.39 is 10.0 Å². The van der Waals surface area contributed by atoms with Crippen LogP contribution in [0.5, 0.6) is 0 Å². The molecule has 1 heterocycles. The highest BCUT2D eigenvalue weighted by atomic mass is 32.2. The third kappa shape index (κ3) is 9.78. The molecular formula is C15H33N5O2S. The maximum Gasteiger partial charge on any atom is 0.211 e. The van der Waals surface area contributed by atoms with E-state index in [1.807, 2.05) is 6.92 Å². The zero-order valence-electron chi connectivity index (χ0n) is 14.6. The fourth-order valence-electron chi connectivity index (χ4n) is 2.46. The van der Waals surface area contributed by atoms with Gasteiger partial charge in [-0.05, 0) is 46.2 Å². The Morgan fingerprint density at radius 3 is 2.48 bits per heavy atom. The highest BCUT2D eigenvalue weighted by Gasteiger charge is 2.09. The smallest absolute Gasteiger partial charge is 0.211 e. The molecule has 0 atom stereocenters. The summed E-state index contributed by atoms with van der Waals surface area (Å²) in [6, 6.07) is 0. The number of rotatable bonds is 10. The van der Waals surface area contributed by atoms with Gasteiger partial charge in [0.25, 0.3) is 0 Å². The van der Waals surface area contributed by atoms with Crippen molar-refractivity contribution in [1.29, 1.82) is 0 Å². The number of aliphatic imine (C=N–C) groups is 1. The number of piperidine rings is 1. The van der Waals surface area contributed by atoms with Crippen LogP contribution >= 0.6 is 0 Å². The van der Waals surface area contributed by atoms with Crippen LogP contribution < -0.4 is 15.4 Å². The lowest BCUT2D eigenvalue weighted by molar-refractivity contribution is 0.232. The average molecular weight is 348 g/mol. The molecular weight excluding hydrogens is 314 g/mol. The minimum absolute atomic E-state index is 0.122. The molecule has 3 N–H and O–H groups in total. The van der Waals surface area contributed by atoms with Gasteiger partial charge in [-0.25, -0.2) is 13.1 Å². The molecule has 0 spiro atoms. The van der Waals surface area contributed by atoms with Crippen molar-refractivity contribution in [2.75, 3.05) is 51.6 Å². The molecule has 0 aliphatic carbocycles. The molecule has 0 aromatic heterocycles. The molecule has 0 bridgehead atoms. The molecule has 7 nitrogen and oxygen atoms in total. The topological polar surface area (TPSA) is 85.8 Å². The molecule has 136 valence electrons. The first-order chi connectivity index (χ1) is 11.1. The van der Waals surface area contributed by atoms with Gasteiger partial charge in [0, 0.05) is 32.7 Å². The van der Waals surface area contributed by atoms with E-state index in [2.05, 4.69) is 25.2 Å². The molecule has 1 fully saturated rings. The summed E-state index contributed by atoms with van der Waals surface area (Å²) in [5, 5.41) is 6.57. The fraction of sp³-hybridized carbons (Fsp3) is 0.933. The number of nitrogens with zero attached hydrogens (tertiary/aromatic N) is 2. The Bertz CT molecular complexity index is 433. The molecule has 23 heavy (non-hydrogen) atoms. The van der Waals surface area contributed by atoms with Crippen LogP contribution in [0.25, 0.3) is 0 Å². The summed E-state index contributed by atoms with van der Waals surface area (Å²) in [4.78, 5) is 6.97. The monoisotopic (exact) mass is 347 g/mol. The van der Waals surface area contributed by atoms with Crippen LogP contribution in [0.2, 0.25) is 0 Å². The number of sulfonamides is 1. The van der Waals surface area contributed by atoms with Crippen LogP contribution in [-0.4, -0.2) is 70.8 Å². The molecule has 1 aliphatic heterocycles. The van der Waals surface area contributed by atoms with E-state index in [0.717, 1.165) is 25.6 Å². The van der Waals surface area contributed by atoms with Crippen LogP contribution in [0.15, 0.2) is 4.99 Å². The third-order valence-electron chi connectivity index (χ3n) is 3.82. The zero-order chi connectivity index (χ0) is 17.0. The predicted molar refractivity (Wildman–Crippen MR) is 96.4 cm³/mol. The molecule has 0 amide bonds. The molecule has 1 rings (SSSR count). The normalized spacial score (nSPS) is 17.2. The Kier molecular flexibility index (Phi) is 10.2. The number of guanidine groups is 1. The lowest BCUT2D eigenvalue weighted by Gasteiger charge is -2.26. The molecule has 0 aromatic carbocycles. The van der Waals surface area contributed by atoms with Crippen LogP contribution in [0, 0.1) is 0 Å². The summed E-state index contributed by atoms with van der Waals surface area (Å²) < 4.78 is 25.2. The molecule has 0 unspecified atom stereocenters. The SMILES string of the molecule is CCNC(=NCCCNS(=O)(=O)CC)NCCN1CCCCC1. The summed E-state index contributed by atoms with van der Waals surface area (Å²) in [7, 11) is -3.09. The Morgan fingerprint density at radius 2 is 1.83 bits per heavy atom. The van der Waals surface area contributed by atoms with Gasteiger partial charge in [0.1, 0.15) is 0 Å². The van der Waals surface area contributed by atoms with Gasteiger partial charge in [-0.3, -0.25) is 4.99 Å². The second-order valence-electron chi connectivity index (χ2n) is 5.74. The highest BCUT2D eigenvalue weighted by molar-refractivity contribution is 7.89. The lowest BCUT2D eigenvalue weighted by atomic mass is 10.1. The van der Waals surface area contributed by atoms with Crippen molar-refractivity contribution >= 4 is 16.0 Å². The molecule has 8 heteroatoms. The molecule has 0 radical (unpaired) electrons. The van der Waals surface area contributed by atoms with E-state index in [1.54, 1.807) is 6.92 Å². The third-order valence-corrected chi connectivity index (χ3v) is 5.22. The first-order valence-electron chi connectivity index (χ1n) is 8.79. The van der Waals surface area contributed by atoms with Crippen LogP contribution in [0.3, 0.4) is 0 Å². The van der Waals surface area contributed by atoms with Gasteiger partial charge in [0.2, 0.25) is 10.0 Å². The first-order valence-corrected chi connectivity index (χ1v) is 10.4. The van der Waals surface area contributed by atoms with Crippen LogP contribution in [0.1, 0.15) is 39.5 Å². The number of hydrogen-bond acceptors (Lipinski definition) is 4. The maximum absolute atomic E-state index is 11.3. The number of likely N-dealkylation sites (tertiary alicyclic amines) is 1. The van der Waals surface area contributed by atoms with E-state index in [0.29, 0.717) is 19.5 Å². The van der Waals surface area contributed by atoms with Crippen molar-refractivity contribution in [3.8, 4) is 0 Å². The number of hydrogen-bond donors (Lipinski definition) is 3. The second-order valence-corrected chi connectivity index (χ2v) is 7.84. The minimum atomic E-state index is -3.09. The Labute approximate surface area is 141 Å². The van der Waals surface area contributed by atoms with Gasteiger partial charge < -0.3 is 15.5 Å². The molecule has 0 saturated carbocycles. The van der Waals surface area contributed by atoms with Gasteiger partial charge in [-0.1, -0.05) is 6.42 Å². The average Bonchev–Trinajstić information content (AvgIpc) is 2.55. The lowest BCUT2D eigenvalue weighted by Crippen LogP contribution is -2.42. The Morgan fingerprint density at radius 1 is 1.09 bits per heavy atom. The standard InChI is InChI=1S/C15H33N5O2S/c1-3-16-15(17-9-8-10-19-23(21,22)4-2)18-11-14-20-12-6-5-7-13-20/h19H,3-14H2,1-2H3,(H2,16,17,18). The summed E-state index contributed by atoms with van der Waals surface area (Å²) >= 11 is 0. The van der Waals surface area contributed by atoms with E-state index >= 15 is 0 Å². The maximum atomic E-state index is 11.3. The summed E-state index contributed by atoms with van der Waals surface area (Å²) in [5.74, 6) is 0.930. The van der Waals surface area contributed by atoms with Crippen molar-refractivity contribution in [2.24, 2.45) is 4.99 Å². The van der Waals surface area contributed by atoms with Gasteiger partial charge in [0.15, 0.2) is 5.96 Å². The van der Waals surface area contributed by atoms with Gasteiger partial charge in [-0.2, -0.15) is 0 Å². The van der Waals surface area contributed by atoms with Crippen molar-refractivity contribution < 1.29 is 8.42 Å². The Hall–Kier alpha value is -0.860. The minimum Gasteiger partial charge on any atom is -0.357 e. The van der Waals surface area contributed by atoms with Gasteiger partial charge in [-0.15, -0.1) is 0 Å². The zero-order valence-corrected chi connectivity index (χ0v) is 15.4. The van der Waals surface area contributed by atoms with Crippen molar-refractivity contribution in [1.82, 2.24) is 20.3 Å². The fourth-order valence-corrected chi connectivity index (χ4v) is 3.12. The summed E-state index contributed by atoms with van der Waals surface area (Å²) in [6.07, 6.45) is 4.67. The predicted octanol–water partition coefficient (Wildman–Crippen LogP) is 0.357. The van der Waals surface area contributed by atoms with Crippen molar-refractivity contribution in [3.63, 3.8) is 0 Å². The van der Waals surface area contributed by atoms with Gasteiger partial charge >= 0.3 is 0 Å². The first kappa shape index (κ1) is 20.2. The van der Waals surface area contributed by atoms with E-state index in [-0.39, 0.29) is 5.75 Å².